The van der Waals surface area contributed by atoms with Gasteiger partial charge in [0.15, 0.2) is 0 Å². The predicted molar refractivity (Wildman–Crippen MR) is 67.2 cm³/mol. The second-order valence-corrected chi connectivity index (χ2v) is 4.25. The molecule has 17 heavy (non-hydrogen) atoms. The van der Waals surface area contributed by atoms with Crippen LogP contribution in [0, 0.1) is 0 Å². The molecule has 5 heteroatoms. The maximum atomic E-state index is 10.00. The number of nitrogens with one attached hydrogen (secondary N) is 1. The van der Waals surface area contributed by atoms with Crippen LogP contribution in [0.1, 0.15) is 33.6 Å². The molecule has 1 atom stereocenters. The van der Waals surface area contributed by atoms with Gasteiger partial charge in [0.2, 0.25) is 11.8 Å². The Morgan fingerprint density at radius 1 is 1.47 bits per heavy atom. The first kappa shape index (κ1) is 13.7. The topological polar surface area (TPSA) is 67.3 Å². The van der Waals surface area contributed by atoms with Gasteiger partial charge in [-0.3, -0.25) is 0 Å². The molecule has 5 nitrogen and oxygen atoms in total. The number of rotatable bonds is 7. The Morgan fingerprint density at radius 3 is 2.88 bits per heavy atom. The summed E-state index contributed by atoms with van der Waals surface area (Å²) >= 11 is 0. The van der Waals surface area contributed by atoms with E-state index in [9.17, 15) is 5.11 Å². The van der Waals surface area contributed by atoms with E-state index in [1.807, 2.05) is 13.8 Å². The van der Waals surface area contributed by atoms with Gasteiger partial charge in [-0.1, -0.05) is 13.3 Å². The number of ether oxygens (including phenoxy) is 1. The van der Waals surface area contributed by atoms with Gasteiger partial charge in [0.25, 0.3) is 0 Å². The molecule has 0 radical (unpaired) electrons. The van der Waals surface area contributed by atoms with Crippen molar-refractivity contribution in [3.8, 4) is 5.88 Å². The molecule has 2 N–H and O–H groups in total. The average molecular weight is 239 g/mol. The van der Waals surface area contributed by atoms with Crippen molar-refractivity contribution in [1.82, 2.24) is 9.97 Å². The van der Waals surface area contributed by atoms with Gasteiger partial charge < -0.3 is 15.2 Å². The predicted octanol–water partition coefficient (Wildman–Crippen LogP) is 1.84. The first-order chi connectivity index (χ1) is 8.07. The summed E-state index contributed by atoms with van der Waals surface area (Å²) in [6, 6.07) is 1.71. The molecule has 0 saturated carbocycles. The minimum absolute atomic E-state index is 0.427. The van der Waals surface area contributed by atoms with Gasteiger partial charge in [-0.05, 0) is 20.3 Å². The van der Waals surface area contributed by atoms with E-state index < -0.39 is 5.60 Å². The maximum Gasteiger partial charge on any atom is 0.226 e. The molecule has 0 aliphatic heterocycles. The van der Waals surface area contributed by atoms with E-state index in [-0.39, 0.29) is 0 Å². The molecule has 0 spiro atoms. The van der Waals surface area contributed by atoms with E-state index >= 15 is 0 Å². The minimum Gasteiger partial charge on any atom is -0.478 e. The molecule has 0 aromatic carbocycles. The Morgan fingerprint density at radius 2 is 2.24 bits per heavy atom. The summed E-state index contributed by atoms with van der Waals surface area (Å²) in [7, 11) is 0. The van der Waals surface area contributed by atoms with Crippen molar-refractivity contribution in [2.45, 2.75) is 39.2 Å². The quantitative estimate of drug-likeness (QED) is 0.760. The van der Waals surface area contributed by atoms with E-state index in [1.165, 1.54) is 0 Å². The standard InChI is InChI=1S/C12H21N3O2/c1-4-7-12(3,16)9-14-11-13-8-6-10(15-11)17-5-2/h6,8,16H,4-5,7,9H2,1-3H3,(H,13,14,15). The van der Waals surface area contributed by atoms with E-state index in [0.29, 0.717) is 25.0 Å². The maximum absolute atomic E-state index is 10.00. The van der Waals surface area contributed by atoms with Crippen molar-refractivity contribution < 1.29 is 9.84 Å². The van der Waals surface area contributed by atoms with E-state index in [2.05, 4.69) is 15.3 Å². The highest BCUT2D eigenvalue weighted by molar-refractivity contribution is 5.27. The summed E-state index contributed by atoms with van der Waals surface area (Å²) in [5.74, 6) is 1.02. The molecule has 0 bridgehead atoms. The van der Waals surface area contributed by atoms with Gasteiger partial charge in [0.05, 0.1) is 12.2 Å². The first-order valence-electron chi connectivity index (χ1n) is 5.99. The Labute approximate surface area is 102 Å². The molecule has 1 unspecified atom stereocenters. The van der Waals surface area contributed by atoms with Crippen LogP contribution in [0.4, 0.5) is 5.95 Å². The number of hydrogen-bond acceptors (Lipinski definition) is 5. The molecule has 1 aromatic rings. The highest BCUT2D eigenvalue weighted by Gasteiger charge is 2.18. The van der Waals surface area contributed by atoms with Gasteiger partial charge in [0, 0.05) is 18.8 Å². The third kappa shape index (κ3) is 4.99. The molecule has 1 rings (SSSR count). The third-order valence-corrected chi connectivity index (χ3v) is 2.34. The Kier molecular flexibility index (Phi) is 5.15. The van der Waals surface area contributed by atoms with Crippen LogP contribution < -0.4 is 10.1 Å². The Hall–Kier alpha value is -1.36. The molecular weight excluding hydrogens is 218 g/mol. The van der Waals surface area contributed by atoms with Crippen molar-refractivity contribution >= 4 is 5.95 Å². The number of aliphatic hydroxyl groups is 1. The molecule has 96 valence electrons. The second kappa shape index (κ2) is 6.39. The summed E-state index contributed by atoms with van der Waals surface area (Å²) in [6.45, 7) is 6.75. The van der Waals surface area contributed by atoms with Gasteiger partial charge in [-0.2, -0.15) is 4.98 Å². The average Bonchev–Trinajstić information content (AvgIpc) is 2.28. The summed E-state index contributed by atoms with van der Waals surface area (Å²) in [4.78, 5) is 8.24. The summed E-state index contributed by atoms with van der Waals surface area (Å²) in [5.41, 5.74) is -0.736. The van der Waals surface area contributed by atoms with Gasteiger partial charge >= 0.3 is 0 Å². The van der Waals surface area contributed by atoms with E-state index in [4.69, 9.17) is 4.74 Å². The monoisotopic (exact) mass is 239 g/mol. The molecule has 0 aliphatic rings. The summed E-state index contributed by atoms with van der Waals surface area (Å²) in [6.07, 6.45) is 3.31. The normalized spacial score (nSPS) is 14.1. The lowest BCUT2D eigenvalue weighted by Crippen LogP contribution is -2.33. The zero-order valence-corrected chi connectivity index (χ0v) is 10.7. The molecule has 0 saturated heterocycles. The van der Waals surface area contributed by atoms with Crippen LogP contribution in [0.5, 0.6) is 5.88 Å². The van der Waals surface area contributed by atoms with Crippen LogP contribution in [0.25, 0.3) is 0 Å². The first-order valence-corrected chi connectivity index (χ1v) is 5.99. The largest absolute Gasteiger partial charge is 0.478 e. The van der Waals surface area contributed by atoms with Crippen LogP contribution in [0.15, 0.2) is 12.3 Å². The number of anilines is 1. The molecule has 1 aromatic heterocycles. The van der Waals surface area contributed by atoms with Crippen LogP contribution in [0.3, 0.4) is 0 Å². The van der Waals surface area contributed by atoms with Crippen LogP contribution in [-0.2, 0) is 0 Å². The van der Waals surface area contributed by atoms with Crippen molar-refractivity contribution in [2.75, 3.05) is 18.5 Å². The minimum atomic E-state index is -0.736. The van der Waals surface area contributed by atoms with Crippen molar-refractivity contribution in [3.05, 3.63) is 12.3 Å². The Balaban J connectivity index is 2.53. The SMILES string of the molecule is CCCC(C)(O)CNc1nccc(OCC)n1. The van der Waals surface area contributed by atoms with Crippen LogP contribution in [0.2, 0.25) is 0 Å². The van der Waals surface area contributed by atoms with Gasteiger partial charge in [-0.15, -0.1) is 0 Å². The highest BCUT2D eigenvalue weighted by Crippen LogP contribution is 2.13. The number of hydrogen-bond donors (Lipinski definition) is 2. The molecule has 0 aliphatic carbocycles. The Bertz CT molecular complexity index is 342. The van der Waals surface area contributed by atoms with Gasteiger partial charge in [0.1, 0.15) is 0 Å². The molecule has 0 amide bonds. The van der Waals surface area contributed by atoms with Crippen molar-refractivity contribution in [2.24, 2.45) is 0 Å². The fourth-order valence-electron chi connectivity index (χ4n) is 1.55. The smallest absolute Gasteiger partial charge is 0.226 e. The zero-order chi connectivity index (χ0) is 12.7. The zero-order valence-electron chi connectivity index (χ0n) is 10.7. The lowest BCUT2D eigenvalue weighted by molar-refractivity contribution is 0.0635. The molecule has 0 fully saturated rings. The van der Waals surface area contributed by atoms with Crippen molar-refractivity contribution in [1.29, 1.82) is 0 Å². The lowest BCUT2D eigenvalue weighted by atomic mass is 10.0. The van der Waals surface area contributed by atoms with Crippen LogP contribution >= 0.6 is 0 Å². The molecule has 1 heterocycles. The fraction of sp³-hybridized carbons (Fsp3) is 0.667. The molecular formula is C12H21N3O2. The second-order valence-electron chi connectivity index (χ2n) is 4.25. The lowest BCUT2D eigenvalue weighted by Gasteiger charge is -2.22. The summed E-state index contributed by atoms with van der Waals surface area (Å²) < 4.78 is 5.27. The number of nitrogens with zero attached hydrogens (tertiary/aromatic N) is 2. The van der Waals surface area contributed by atoms with Gasteiger partial charge in [-0.25, -0.2) is 4.98 Å². The summed E-state index contributed by atoms with van der Waals surface area (Å²) in [5, 5.41) is 13.0. The fourth-order valence-corrected chi connectivity index (χ4v) is 1.55. The van der Waals surface area contributed by atoms with E-state index in [1.54, 1.807) is 19.2 Å². The highest BCUT2D eigenvalue weighted by atomic mass is 16.5. The van der Waals surface area contributed by atoms with Crippen molar-refractivity contribution in [3.63, 3.8) is 0 Å². The van der Waals surface area contributed by atoms with E-state index in [0.717, 1.165) is 12.8 Å². The number of aromatic nitrogens is 2. The third-order valence-electron chi connectivity index (χ3n) is 2.34. The van der Waals surface area contributed by atoms with Crippen LogP contribution in [-0.4, -0.2) is 33.8 Å².